The number of rotatable bonds is 6. The number of amides is 1. The van der Waals surface area contributed by atoms with Gasteiger partial charge in [0.05, 0.1) is 17.0 Å². The van der Waals surface area contributed by atoms with Crippen molar-refractivity contribution in [3.8, 4) is 0 Å². The van der Waals surface area contributed by atoms with Gasteiger partial charge in [-0.15, -0.1) is 10.2 Å². The van der Waals surface area contributed by atoms with E-state index in [2.05, 4.69) is 20.8 Å². The number of alkyl halides is 3. The number of aromatic nitrogens is 2. The molecule has 0 aliphatic rings. The highest BCUT2D eigenvalue weighted by Gasteiger charge is 2.33. The maximum atomic E-state index is 13.0. The molecular weight excluding hydrogens is 421 g/mol. The first-order valence-corrected chi connectivity index (χ1v) is 10.3. The molecule has 3 aromatic rings. The summed E-state index contributed by atoms with van der Waals surface area (Å²) in [5.41, 5.74) is 2.06. The zero-order valence-corrected chi connectivity index (χ0v) is 17.1. The predicted octanol–water partition coefficient (Wildman–Crippen LogP) is 5.65. The number of halogens is 3. The van der Waals surface area contributed by atoms with Crippen molar-refractivity contribution in [3.05, 3.63) is 59.2 Å². The van der Waals surface area contributed by atoms with Gasteiger partial charge in [-0.05, 0) is 49.2 Å². The molecule has 0 spiro atoms. The van der Waals surface area contributed by atoms with Gasteiger partial charge in [0.1, 0.15) is 0 Å². The molecule has 0 atom stereocenters. The van der Waals surface area contributed by atoms with Crippen LogP contribution in [0.15, 0.2) is 46.8 Å². The molecule has 2 aromatic carbocycles. The Kier molecular flexibility index (Phi) is 6.43. The second-order valence-electron chi connectivity index (χ2n) is 6.18. The molecule has 0 saturated carbocycles. The van der Waals surface area contributed by atoms with Crippen molar-refractivity contribution in [1.82, 2.24) is 10.2 Å². The van der Waals surface area contributed by atoms with Crippen molar-refractivity contribution < 1.29 is 18.0 Å². The standard InChI is InChI=1S/C19H17F3N4OS2/c1-11-7-8-13(9-12(11)2)23-17-25-26-18(29-17)28-10-16(27)24-15-6-4-3-5-14(15)19(20,21)22/h3-9H,10H2,1-2H3,(H,23,25)(H,24,27). The van der Waals surface area contributed by atoms with Crippen LogP contribution in [-0.2, 0) is 11.0 Å². The quantitative estimate of drug-likeness (QED) is 0.487. The third-order valence-corrected chi connectivity index (χ3v) is 5.97. The minimum absolute atomic E-state index is 0.0789. The molecule has 5 nitrogen and oxygen atoms in total. The van der Waals surface area contributed by atoms with Gasteiger partial charge in [-0.2, -0.15) is 13.2 Å². The molecule has 3 rings (SSSR count). The molecule has 2 N–H and O–H groups in total. The van der Waals surface area contributed by atoms with Gasteiger partial charge >= 0.3 is 6.18 Å². The van der Waals surface area contributed by atoms with E-state index >= 15 is 0 Å². The number of carbonyl (C=O) groups is 1. The van der Waals surface area contributed by atoms with Gasteiger partial charge in [0, 0.05) is 5.69 Å². The average Bonchev–Trinajstić information content (AvgIpc) is 3.10. The lowest BCUT2D eigenvalue weighted by atomic mass is 10.1. The van der Waals surface area contributed by atoms with Crippen LogP contribution in [0.2, 0.25) is 0 Å². The van der Waals surface area contributed by atoms with Crippen LogP contribution in [0, 0.1) is 13.8 Å². The summed E-state index contributed by atoms with van der Waals surface area (Å²) in [7, 11) is 0. The third kappa shape index (κ3) is 5.70. The first-order chi connectivity index (χ1) is 13.7. The van der Waals surface area contributed by atoms with Crippen molar-refractivity contribution >= 4 is 45.5 Å². The second-order valence-corrected chi connectivity index (χ2v) is 8.38. The normalized spacial score (nSPS) is 11.3. The minimum Gasteiger partial charge on any atom is -0.330 e. The molecular formula is C19H17F3N4OS2. The Hall–Kier alpha value is -2.59. The van der Waals surface area contributed by atoms with Gasteiger partial charge < -0.3 is 10.6 Å². The Morgan fingerprint density at radius 1 is 1.10 bits per heavy atom. The van der Waals surface area contributed by atoms with Gasteiger partial charge in [-0.1, -0.05) is 41.3 Å². The molecule has 0 fully saturated rings. The van der Waals surface area contributed by atoms with E-state index in [1.54, 1.807) is 0 Å². The lowest BCUT2D eigenvalue weighted by Crippen LogP contribution is -2.18. The number of thioether (sulfide) groups is 1. The molecule has 0 aliphatic heterocycles. The Bertz CT molecular complexity index is 1020. The van der Waals surface area contributed by atoms with Crippen LogP contribution in [0.1, 0.15) is 16.7 Å². The minimum atomic E-state index is -4.54. The summed E-state index contributed by atoms with van der Waals surface area (Å²) >= 11 is 2.37. The number of nitrogens with one attached hydrogen (secondary N) is 2. The van der Waals surface area contributed by atoms with E-state index in [9.17, 15) is 18.0 Å². The first-order valence-electron chi connectivity index (χ1n) is 8.49. The lowest BCUT2D eigenvalue weighted by Gasteiger charge is -2.13. The second kappa shape index (κ2) is 8.83. The fourth-order valence-corrected chi connectivity index (χ4v) is 3.99. The van der Waals surface area contributed by atoms with E-state index in [0.29, 0.717) is 9.47 Å². The number of para-hydroxylation sites is 1. The average molecular weight is 439 g/mol. The number of anilines is 3. The molecule has 0 bridgehead atoms. The van der Waals surface area contributed by atoms with Crippen molar-refractivity contribution in [2.24, 2.45) is 0 Å². The summed E-state index contributed by atoms with van der Waals surface area (Å²) in [6.07, 6.45) is -4.54. The van der Waals surface area contributed by atoms with Gasteiger partial charge in [0.2, 0.25) is 11.0 Å². The molecule has 1 aromatic heterocycles. The Labute approximate surface area is 173 Å². The molecule has 0 saturated heterocycles. The fourth-order valence-electron chi connectivity index (χ4n) is 2.41. The zero-order chi connectivity index (χ0) is 21.0. The van der Waals surface area contributed by atoms with Crippen molar-refractivity contribution in [2.75, 3.05) is 16.4 Å². The first kappa shape index (κ1) is 21.1. The highest BCUT2D eigenvalue weighted by Crippen LogP contribution is 2.35. The van der Waals surface area contributed by atoms with Crippen molar-refractivity contribution in [3.63, 3.8) is 0 Å². The molecule has 10 heteroatoms. The Balaban J connectivity index is 1.57. The molecule has 29 heavy (non-hydrogen) atoms. The maximum absolute atomic E-state index is 13.0. The summed E-state index contributed by atoms with van der Waals surface area (Å²) in [6.45, 7) is 4.04. The molecule has 1 amide bonds. The van der Waals surface area contributed by atoms with Crippen LogP contribution >= 0.6 is 23.1 Å². The van der Waals surface area contributed by atoms with E-state index in [1.165, 1.54) is 35.1 Å². The van der Waals surface area contributed by atoms with Gasteiger partial charge in [0.15, 0.2) is 4.34 Å². The van der Waals surface area contributed by atoms with E-state index in [0.717, 1.165) is 29.1 Å². The Morgan fingerprint density at radius 2 is 1.86 bits per heavy atom. The van der Waals surface area contributed by atoms with Gasteiger partial charge in [-0.25, -0.2) is 0 Å². The summed E-state index contributed by atoms with van der Waals surface area (Å²) in [6, 6.07) is 10.8. The number of benzene rings is 2. The summed E-state index contributed by atoms with van der Waals surface area (Å²) in [4.78, 5) is 12.1. The summed E-state index contributed by atoms with van der Waals surface area (Å²) in [5.74, 6) is -0.629. The van der Waals surface area contributed by atoms with Crippen LogP contribution in [0.25, 0.3) is 0 Å². The van der Waals surface area contributed by atoms with E-state index in [4.69, 9.17) is 0 Å². The highest BCUT2D eigenvalue weighted by atomic mass is 32.2. The maximum Gasteiger partial charge on any atom is 0.418 e. The summed E-state index contributed by atoms with van der Waals surface area (Å²) < 4.78 is 39.5. The number of carbonyl (C=O) groups excluding carboxylic acids is 1. The zero-order valence-electron chi connectivity index (χ0n) is 15.5. The van der Waals surface area contributed by atoms with Crippen LogP contribution in [0.4, 0.5) is 29.7 Å². The third-order valence-electron chi connectivity index (χ3n) is 4.00. The monoisotopic (exact) mass is 438 g/mol. The van der Waals surface area contributed by atoms with E-state index < -0.39 is 17.6 Å². The fraction of sp³-hybridized carbons (Fsp3) is 0.211. The van der Waals surface area contributed by atoms with Crippen LogP contribution in [0.5, 0.6) is 0 Å². The molecule has 0 radical (unpaired) electrons. The number of nitrogens with zero attached hydrogens (tertiary/aromatic N) is 2. The van der Waals surface area contributed by atoms with Crippen molar-refractivity contribution in [1.29, 1.82) is 0 Å². The molecule has 152 valence electrons. The van der Waals surface area contributed by atoms with E-state index in [-0.39, 0.29) is 11.4 Å². The highest BCUT2D eigenvalue weighted by molar-refractivity contribution is 8.01. The number of aryl methyl sites for hydroxylation is 2. The smallest absolute Gasteiger partial charge is 0.330 e. The number of hydrogen-bond donors (Lipinski definition) is 2. The van der Waals surface area contributed by atoms with Crippen LogP contribution in [0.3, 0.4) is 0 Å². The summed E-state index contributed by atoms with van der Waals surface area (Å²) in [5, 5.41) is 14.0. The molecule has 0 unspecified atom stereocenters. The Morgan fingerprint density at radius 3 is 2.59 bits per heavy atom. The molecule has 1 heterocycles. The van der Waals surface area contributed by atoms with Crippen LogP contribution < -0.4 is 10.6 Å². The SMILES string of the molecule is Cc1ccc(Nc2nnc(SCC(=O)Nc3ccccc3C(F)(F)F)s2)cc1C. The van der Waals surface area contributed by atoms with Crippen LogP contribution in [-0.4, -0.2) is 21.9 Å². The van der Waals surface area contributed by atoms with E-state index in [1.807, 2.05) is 32.0 Å². The lowest BCUT2D eigenvalue weighted by molar-refractivity contribution is -0.137. The van der Waals surface area contributed by atoms with Gasteiger partial charge in [-0.3, -0.25) is 4.79 Å². The van der Waals surface area contributed by atoms with Gasteiger partial charge in [0.25, 0.3) is 0 Å². The largest absolute Gasteiger partial charge is 0.418 e. The van der Waals surface area contributed by atoms with Crippen molar-refractivity contribution in [2.45, 2.75) is 24.4 Å². The predicted molar refractivity (Wildman–Crippen MR) is 110 cm³/mol. The topological polar surface area (TPSA) is 66.9 Å². The number of hydrogen-bond acceptors (Lipinski definition) is 6. The molecule has 0 aliphatic carbocycles.